The van der Waals surface area contributed by atoms with Crippen molar-refractivity contribution >= 4 is 23.2 Å². The van der Waals surface area contributed by atoms with Gasteiger partial charge in [0.25, 0.3) is 5.91 Å². The van der Waals surface area contributed by atoms with E-state index in [0.29, 0.717) is 22.8 Å². The van der Waals surface area contributed by atoms with Crippen LogP contribution >= 0.6 is 11.3 Å². The fraction of sp³-hybridized carbons (Fsp3) is 0.118. The van der Waals surface area contributed by atoms with Crippen molar-refractivity contribution in [3.05, 3.63) is 59.1 Å². The van der Waals surface area contributed by atoms with E-state index in [1.54, 1.807) is 30.3 Å². The number of nitrogens with zero attached hydrogens (tertiary/aromatic N) is 1. The summed E-state index contributed by atoms with van der Waals surface area (Å²) in [6, 6.07) is 11.8. The Kier molecular flexibility index (Phi) is 5.10. The quantitative estimate of drug-likeness (QED) is 0.651. The monoisotopic (exact) mass is 358 g/mol. The van der Waals surface area contributed by atoms with Gasteiger partial charge in [-0.25, -0.2) is 4.79 Å². The number of esters is 1. The Morgan fingerprint density at radius 2 is 2.00 bits per heavy atom. The minimum atomic E-state index is -0.571. The van der Waals surface area contributed by atoms with Gasteiger partial charge in [-0.1, -0.05) is 11.2 Å². The average molecular weight is 358 g/mol. The summed E-state index contributed by atoms with van der Waals surface area (Å²) in [5, 5.41) is 5.82. The van der Waals surface area contributed by atoms with Crippen LogP contribution in [0.4, 0.5) is 0 Å². The molecule has 0 bridgehead atoms. The second-order valence-electron chi connectivity index (χ2n) is 5.02. The molecule has 3 aromatic rings. The minimum absolute atomic E-state index is 0.00757. The molecule has 2 aromatic heterocycles. The Morgan fingerprint density at radius 3 is 2.68 bits per heavy atom. The van der Waals surface area contributed by atoms with E-state index in [1.807, 2.05) is 17.5 Å². The Morgan fingerprint density at radius 1 is 1.20 bits per heavy atom. The third-order valence-corrected chi connectivity index (χ3v) is 4.03. The van der Waals surface area contributed by atoms with E-state index in [0.717, 1.165) is 4.88 Å². The van der Waals surface area contributed by atoms with Crippen molar-refractivity contribution in [2.75, 3.05) is 6.61 Å². The van der Waals surface area contributed by atoms with Crippen molar-refractivity contribution < 1.29 is 23.6 Å². The van der Waals surface area contributed by atoms with Gasteiger partial charge in [-0.2, -0.15) is 0 Å². The predicted octanol–water partition coefficient (Wildman–Crippen LogP) is 2.62. The van der Waals surface area contributed by atoms with Crippen molar-refractivity contribution in [3.63, 3.8) is 0 Å². The van der Waals surface area contributed by atoms with E-state index in [2.05, 4.69) is 5.16 Å². The first-order valence-corrected chi connectivity index (χ1v) is 8.17. The lowest BCUT2D eigenvalue weighted by Crippen LogP contribution is -2.20. The highest BCUT2D eigenvalue weighted by Gasteiger charge is 2.12. The lowest BCUT2D eigenvalue weighted by atomic mass is 10.2. The van der Waals surface area contributed by atoms with Gasteiger partial charge in [-0.15, -0.1) is 11.3 Å². The summed E-state index contributed by atoms with van der Waals surface area (Å²) in [7, 11) is 0. The number of aromatic nitrogens is 1. The van der Waals surface area contributed by atoms with Gasteiger partial charge in [0.15, 0.2) is 12.4 Å². The topological polar surface area (TPSA) is 105 Å². The number of thiophene rings is 1. The summed E-state index contributed by atoms with van der Waals surface area (Å²) in [4.78, 5) is 23.6. The number of benzene rings is 1. The first-order valence-electron chi connectivity index (χ1n) is 7.29. The number of hydrogen-bond acceptors (Lipinski definition) is 7. The normalized spacial score (nSPS) is 10.4. The molecule has 0 aliphatic carbocycles. The first kappa shape index (κ1) is 16.7. The van der Waals surface area contributed by atoms with Crippen molar-refractivity contribution in [2.45, 2.75) is 6.61 Å². The van der Waals surface area contributed by atoms with Crippen LogP contribution in [0, 0.1) is 0 Å². The molecule has 0 aliphatic heterocycles. The number of ether oxygens (including phenoxy) is 2. The molecule has 2 heterocycles. The van der Waals surface area contributed by atoms with Crippen molar-refractivity contribution in [2.24, 2.45) is 5.73 Å². The fourth-order valence-electron chi connectivity index (χ4n) is 1.98. The molecule has 0 spiro atoms. The highest BCUT2D eigenvalue weighted by atomic mass is 32.1. The molecule has 0 fully saturated rings. The smallest absolute Gasteiger partial charge is 0.338 e. The minimum Gasteiger partial charge on any atom is -0.484 e. The van der Waals surface area contributed by atoms with Crippen LogP contribution in [0.3, 0.4) is 0 Å². The number of primary amides is 1. The van der Waals surface area contributed by atoms with E-state index in [-0.39, 0.29) is 13.2 Å². The summed E-state index contributed by atoms with van der Waals surface area (Å²) in [6.07, 6.45) is 0. The molecule has 3 rings (SSSR count). The second kappa shape index (κ2) is 7.63. The molecular weight excluding hydrogens is 344 g/mol. The molecule has 128 valence electrons. The maximum absolute atomic E-state index is 12.0. The molecule has 0 unspecified atom stereocenters. The molecule has 8 heteroatoms. The van der Waals surface area contributed by atoms with Gasteiger partial charge in [0.1, 0.15) is 18.1 Å². The molecule has 0 radical (unpaired) electrons. The molecule has 0 saturated carbocycles. The molecule has 0 saturated heterocycles. The molecule has 1 amide bonds. The third kappa shape index (κ3) is 4.45. The molecule has 1 aromatic carbocycles. The number of rotatable bonds is 7. The molecule has 25 heavy (non-hydrogen) atoms. The van der Waals surface area contributed by atoms with Crippen LogP contribution < -0.4 is 10.5 Å². The number of carbonyl (C=O) groups excluding carboxylic acids is 2. The molecule has 0 aliphatic rings. The zero-order chi connectivity index (χ0) is 17.6. The molecular formula is C17H14N2O5S. The summed E-state index contributed by atoms with van der Waals surface area (Å²) < 4.78 is 15.6. The Hall–Kier alpha value is -3.13. The average Bonchev–Trinajstić information content (AvgIpc) is 3.29. The zero-order valence-corrected chi connectivity index (χ0v) is 13.8. The lowest BCUT2D eigenvalue weighted by molar-refractivity contribution is -0.119. The number of nitrogens with two attached hydrogens (primary N) is 1. The molecule has 0 atom stereocenters. The van der Waals surface area contributed by atoms with Gasteiger partial charge in [0.2, 0.25) is 0 Å². The van der Waals surface area contributed by atoms with E-state index in [9.17, 15) is 9.59 Å². The van der Waals surface area contributed by atoms with Gasteiger partial charge in [0, 0.05) is 6.07 Å². The van der Waals surface area contributed by atoms with E-state index in [4.69, 9.17) is 19.7 Å². The summed E-state index contributed by atoms with van der Waals surface area (Å²) in [6.45, 7) is -0.212. The van der Waals surface area contributed by atoms with Crippen LogP contribution in [0.2, 0.25) is 0 Å². The standard InChI is InChI=1S/C17H14N2O5S/c18-16(20)10-22-13-5-3-11(4-6-13)17(21)23-9-12-8-14(24-19-12)15-2-1-7-25-15/h1-8H,9-10H2,(H2,18,20). The van der Waals surface area contributed by atoms with E-state index in [1.165, 1.54) is 11.3 Å². The zero-order valence-electron chi connectivity index (χ0n) is 13.0. The number of hydrogen-bond donors (Lipinski definition) is 1. The fourth-order valence-corrected chi connectivity index (χ4v) is 2.65. The lowest BCUT2D eigenvalue weighted by Gasteiger charge is -2.05. The highest BCUT2D eigenvalue weighted by Crippen LogP contribution is 2.25. The van der Waals surface area contributed by atoms with E-state index < -0.39 is 11.9 Å². The van der Waals surface area contributed by atoms with Crippen LogP contribution in [0.25, 0.3) is 10.6 Å². The van der Waals surface area contributed by atoms with Crippen molar-refractivity contribution in [1.29, 1.82) is 0 Å². The van der Waals surface area contributed by atoms with Gasteiger partial charge in [-0.3, -0.25) is 4.79 Å². The van der Waals surface area contributed by atoms with Crippen LogP contribution in [-0.2, 0) is 16.1 Å². The van der Waals surface area contributed by atoms with Crippen LogP contribution in [0.1, 0.15) is 16.1 Å². The molecule has 2 N–H and O–H groups in total. The summed E-state index contributed by atoms with van der Waals surface area (Å²) >= 11 is 1.54. The number of carbonyl (C=O) groups is 2. The summed E-state index contributed by atoms with van der Waals surface area (Å²) in [5.41, 5.74) is 5.88. The van der Waals surface area contributed by atoms with Crippen LogP contribution in [0.15, 0.2) is 52.4 Å². The van der Waals surface area contributed by atoms with Crippen molar-refractivity contribution in [1.82, 2.24) is 5.16 Å². The maximum Gasteiger partial charge on any atom is 0.338 e. The summed E-state index contributed by atoms with van der Waals surface area (Å²) in [5.74, 6) is 0.00424. The Labute approximate surface area is 147 Å². The van der Waals surface area contributed by atoms with Gasteiger partial charge >= 0.3 is 5.97 Å². The molecule has 7 nitrogen and oxygen atoms in total. The van der Waals surface area contributed by atoms with E-state index >= 15 is 0 Å². The highest BCUT2D eigenvalue weighted by molar-refractivity contribution is 7.13. The Balaban J connectivity index is 1.54. The third-order valence-electron chi connectivity index (χ3n) is 3.15. The predicted molar refractivity (Wildman–Crippen MR) is 90.1 cm³/mol. The largest absolute Gasteiger partial charge is 0.484 e. The van der Waals surface area contributed by atoms with Gasteiger partial charge < -0.3 is 19.7 Å². The van der Waals surface area contributed by atoms with Crippen LogP contribution in [-0.4, -0.2) is 23.6 Å². The maximum atomic E-state index is 12.0. The number of amides is 1. The van der Waals surface area contributed by atoms with Crippen molar-refractivity contribution in [3.8, 4) is 16.4 Å². The van der Waals surface area contributed by atoms with Gasteiger partial charge in [-0.05, 0) is 35.7 Å². The Bertz CT molecular complexity index is 856. The first-order chi connectivity index (χ1) is 12.1. The SMILES string of the molecule is NC(=O)COc1ccc(C(=O)OCc2cc(-c3cccs3)on2)cc1. The van der Waals surface area contributed by atoms with Gasteiger partial charge in [0.05, 0.1) is 10.4 Å². The van der Waals surface area contributed by atoms with Crippen LogP contribution in [0.5, 0.6) is 5.75 Å². The second-order valence-corrected chi connectivity index (χ2v) is 5.96.